The number of hydrogen-bond donors (Lipinski definition) is 1. The van der Waals surface area contributed by atoms with Crippen molar-refractivity contribution in [1.82, 2.24) is 9.97 Å². The Balaban J connectivity index is 1.64. The molecule has 28 heavy (non-hydrogen) atoms. The van der Waals surface area contributed by atoms with Crippen molar-refractivity contribution in [1.29, 1.82) is 0 Å². The molecule has 0 amide bonds. The molecule has 1 aliphatic heterocycles. The van der Waals surface area contributed by atoms with Gasteiger partial charge in [0, 0.05) is 23.2 Å². The van der Waals surface area contributed by atoms with E-state index >= 15 is 0 Å². The lowest BCUT2D eigenvalue weighted by molar-refractivity contribution is 0.0987. The van der Waals surface area contributed by atoms with Gasteiger partial charge in [-0.25, -0.2) is 23.7 Å². The number of halogens is 2. The first-order valence-corrected chi connectivity index (χ1v) is 9.61. The molecule has 146 valence electrons. The van der Waals surface area contributed by atoms with Gasteiger partial charge in [-0.3, -0.25) is 4.79 Å². The molecule has 1 aromatic heterocycles. The molecule has 6 nitrogen and oxygen atoms in total. The van der Waals surface area contributed by atoms with E-state index in [1.165, 1.54) is 49.5 Å². The first kappa shape index (κ1) is 18.8. The zero-order chi connectivity index (χ0) is 19.9. The molecule has 1 aromatic carbocycles. The third-order valence-electron chi connectivity index (χ3n) is 5.12. The van der Waals surface area contributed by atoms with Crippen LogP contribution in [-0.4, -0.2) is 40.0 Å². The van der Waals surface area contributed by atoms with E-state index in [1.807, 2.05) is 0 Å². The van der Waals surface area contributed by atoms with Crippen molar-refractivity contribution in [2.45, 2.75) is 23.6 Å². The summed E-state index contributed by atoms with van der Waals surface area (Å²) < 4.78 is 33.7. The number of ether oxygens (including phenoxy) is 1. The van der Waals surface area contributed by atoms with Gasteiger partial charge in [0.1, 0.15) is 23.7 Å². The Morgan fingerprint density at radius 3 is 2.89 bits per heavy atom. The SMILES string of the molecule is COc1cnc(C(=O)Cc2ccc(F)c([C@@]3(CF)N=C(N)S[C@H]4C[C@H]43)c2)cn1. The molecule has 0 radical (unpaired) electrons. The minimum Gasteiger partial charge on any atom is -0.480 e. The van der Waals surface area contributed by atoms with Crippen LogP contribution in [0.4, 0.5) is 8.78 Å². The molecule has 2 heterocycles. The van der Waals surface area contributed by atoms with Crippen molar-refractivity contribution in [2.24, 2.45) is 16.6 Å². The highest BCUT2D eigenvalue weighted by Gasteiger charge is 2.58. The summed E-state index contributed by atoms with van der Waals surface area (Å²) >= 11 is 1.41. The third kappa shape index (κ3) is 3.23. The summed E-state index contributed by atoms with van der Waals surface area (Å²) in [5.41, 5.74) is 5.41. The van der Waals surface area contributed by atoms with Gasteiger partial charge in [-0.15, -0.1) is 0 Å². The number of ketones is 1. The van der Waals surface area contributed by atoms with Crippen LogP contribution in [0.2, 0.25) is 0 Å². The normalized spacial score (nSPS) is 25.6. The number of alkyl halides is 1. The number of carbonyl (C=O) groups is 1. The Hall–Kier alpha value is -2.55. The lowest BCUT2D eigenvalue weighted by Crippen LogP contribution is -2.36. The molecule has 3 atom stereocenters. The molecule has 0 unspecified atom stereocenters. The highest BCUT2D eigenvalue weighted by atomic mass is 32.2. The molecule has 4 rings (SSSR count). The molecule has 9 heteroatoms. The molecular weight excluding hydrogens is 386 g/mol. The van der Waals surface area contributed by atoms with E-state index in [2.05, 4.69) is 15.0 Å². The Bertz CT molecular complexity index is 953. The second-order valence-corrected chi connectivity index (χ2v) is 8.12. The fourth-order valence-corrected chi connectivity index (χ4v) is 4.80. The number of aromatic nitrogens is 2. The zero-order valence-corrected chi connectivity index (χ0v) is 15.9. The fourth-order valence-electron chi connectivity index (χ4n) is 3.58. The van der Waals surface area contributed by atoms with Crippen molar-refractivity contribution in [3.8, 4) is 5.88 Å². The first-order valence-electron chi connectivity index (χ1n) is 8.73. The van der Waals surface area contributed by atoms with E-state index in [9.17, 15) is 13.6 Å². The minimum absolute atomic E-state index is 0.0152. The number of amidine groups is 1. The van der Waals surface area contributed by atoms with Gasteiger partial charge in [0.05, 0.1) is 19.5 Å². The second-order valence-electron chi connectivity index (χ2n) is 6.86. The predicted octanol–water partition coefficient (Wildman–Crippen LogP) is 2.66. The van der Waals surface area contributed by atoms with Crippen molar-refractivity contribution >= 4 is 22.7 Å². The van der Waals surface area contributed by atoms with Crippen LogP contribution in [0.1, 0.15) is 28.0 Å². The molecule has 2 aliphatic rings. The van der Waals surface area contributed by atoms with Gasteiger partial charge >= 0.3 is 0 Å². The summed E-state index contributed by atoms with van der Waals surface area (Å²) in [7, 11) is 1.45. The second kappa shape index (κ2) is 7.12. The Kier molecular flexibility index (Phi) is 4.78. The van der Waals surface area contributed by atoms with Crippen LogP contribution in [0.5, 0.6) is 5.88 Å². The molecule has 1 aliphatic carbocycles. The van der Waals surface area contributed by atoms with E-state index in [1.54, 1.807) is 0 Å². The first-order chi connectivity index (χ1) is 13.5. The summed E-state index contributed by atoms with van der Waals surface area (Å²) in [4.78, 5) is 24.8. The van der Waals surface area contributed by atoms with Gasteiger partial charge in [0.15, 0.2) is 11.0 Å². The lowest BCUT2D eigenvalue weighted by atomic mass is 9.84. The van der Waals surface area contributed by atoms with Crippen LogP contribution >= 0.6 is 11.8 Å². The number of fused-ring (bicyclic) bond motifs is 1. The van der Waals surface area contributed by atoms with E-state index < -0.39 is 18.0 Å². The molecule has 1 saturated carbocycles. The monoisotopic (exact) mass is 404 g/mol. The number of aliphatic imine (C=N–C) groups is 1. The molecule has 0 saturated heterocycles. The van der Waals surface area contributed by atoms with Crippen LogP contribution in [0.3, 0.4) is 0 Å². The largest absolute Gasteiger partial charge is 0.480 e. The number of carbonyl (C=O) groups excluding carboxylic acids is 1. The van der Waals surface area contributed by atoms with E-state index in [-0.39, 0.29) is 39.8 Å². The summed E-state index contributed by atoms with van der Waals surface area (Å²) in [6.45, 7) is -0.840. The average molecular weight is 404 g/mol. The van der Waals surface area contributed by atoms with Crippen molar-refractivity contribution in [3.63, 3.8) is 0 Å². The number of nitrogens with zero attached hydrogens (tertiary/aromatic N) is 3. The van der Waals surface area contributed by atoms with E-state index in [0.29, 0.717) is 11.4 Å². The molecule has 0 spiro atoms. The Morgan fingerprint density at radius 1 is 1.39 bits per heavy atom. The van der Waals surface area contributed by atoms with Crippen LogP contribution in [0, 0.1) is 11.7 Å². The molecular formula is C19H18F2N4O2S. The fraction of sp³-hybridized carbons (Fsp3) is 0.368. The van der Waals surface area contributed by atoms with E-state index in [4.69, 9.17) is 10.5 Å². The average Bonchev–Trinajstić information content (AvgIpc) is 3.48. The Labute approximate surface area is 164 Å². The summed E-state index contributed by atoms with van der Waals surface area (Å²) in [6, 6.07) is 4.28. The van der Waals surface area contributed by atoms with Crippen LogP contribution in [0.25, 0.3) is 0 Å². The van der Waals surface area contributed by atoms with Gasteiger partial charge in [-0.2, -0.15) is 0 Å². The number of rotatable bonds is 6. The topological polar surface area (TPSA) is 90.5 Å². The van der Waals surface area contributed by atoms with Crippen LogP contribution in [-0.2, 0) is 12.0 Å². The minimum atomic E-state index is -1.32. The molecule has 2 N–H and O–H groups in total. The molecule has 1 fully saturated rings. The summed E-state index contributed by atoms with van der Waals surface area (Å²) in [6.07, 6.45) is 3.40. The smallest absolute Gasteiger partial charge is 0.232 e. The summed E-state index contributed by atoms with van der Waals surface area (Å²) in [5, 5.41) is 0.429. The van der Waals surface area contributed by atoms with Crippen molar-refractivity contribution < 1.29 is 18.3 Å². The number of Topliss-reactive ketones (excluding diaryl/α,β-unsaturated/α-hetero) is 1. The van der Waals surface area contributed by atoms with Crippen LogP contribution in [0.15, 0.2) is 35.6 Å². The third-order valence-corrected chi connectivity index (χ3v) is 6.27. The maximum Gasteiger partial charge on any atom is 0.232 e. The number of methoxy groups -OCH3 is 1. The summed E-state index contributed by atoms with van der Waals surface area (Å²) in [5.74, 6) is -0.626. The van der Waals surface area contributed by atoms with Crippen molar-refractivity contribution in [2.75, 3.05) is 13.8 Å². The number of hydrogen-bond acceptors (Lipinski definition) is 7. The lowest BCUT2D eigenvalue weighted by Gasteiger charge is -2.31. The maximum absolute atomic E-state index is 14.6. The highest BCUT2D eigenvalue weighted by Crippen LogP contribution is 2.58. The molecule has 2 aromatic rings. The highest BCUT2D eigenvalue weighted by molar-refractivity contribution is 8.14. The standard InChI is InChI=1S/C19H18F2N4O2S/c1-27-17-8-23-14(7-24-17)15(26)5-10-2-3-13(21)11(4-10)19(9-20)12-6-16(12)28-18(22)25-19/h2-4,7-8,12,16H,5-6,9H2,1H3,(H2,22,25)/t12-,16+,19-/m1/s1. The van der Waals surface area contributed by atoms with Gasteiger partial charge < -0.3 is 10.5 Å². The van der Waals surface area contributed by atoms with Gasteiger partial charge in [0.25, 0.3) is 0 Å². The van der Waals surface area contributed by atoms with Gasteiger partial charge in [-0.1, -0.05) is 17.8 Å². The molecule has 0 bridgehead atoms. The predicted molar refractivity (Wildman–Crippen MR) is 102 cm³/mol. The maximum atomic E-state index is 14.6. The number of nitrogens with two attached hydrogens (primary N) is 1. The van der Waals surface area contributed by atoms with Crippen molar-refractivity contribution in [3.05, 3.63) is 53.2 Å². The van der Waals surface area contributed by atoms with Crippen LogP contribution < -0.4 is 10.5 Å². The van der Waals surface area contributed by atoms with Gasteiger partial charge in [-0.05, 0) is 24.1 Å². The Morgan fingerprint density at radius 2 is 2.21 bits per heavy atom. The zero-order valence-electron chi connectivity index (χ0n) is 15.1. The van der Waals surface area contributed by atoms with E-state index in [0.717, 1.165) is 6.42 Å². The quantitative estimate of drug-likeness (QED) is 0.745. The number of benzene rings is 1. The number of thioether (sulfide) groups is 1. The van der Waals surface area contributed by atoms with Gasteiger partial charge in [0.2, 0.25) is 5.88 Å².